The van der Waals surface area contributed by atoms with Crippen LogP contribution in [0.15, 0.2) is 12.4 Å². The number of rotatable bonds is 21. The standard InChI is InChI=1S/C28H54N2/c1-5-7-9-11-13-14-15-17-19-21-23-27(22-20-18-16-12-10-8-6-2)28-29-24-25-30(28)26(3)4/h24-27H,5-23H2,1-4H3. The second-order valence-electron chi connectivity index (χ2n) is 9.86. The van der Waals surface area contributed by atoms with Crippen molar-refractivity contribution in [2.45, 2.75) is 162 Å². The molecule has 30 heavy (non-hydrogen) atoms. The number of hydrogen-bond donors (Lipinski definition) is 0. The smallest absolute Gasteiger partial charge is 0.111 e. The number of hydrogen-bond acceptors (Lipinski definition) is 1. The summed E-state index contributed by atoms with van der Waals surface area (Å²) >= 11 is 0. The third-order valence-electron chi connectivity index (χ3n) is 6.68. The first-order valence-electron chi connectivity index (χ1n) is 13.7. The predicted molar refractivity (Wildman–Crippen MR) is 134 cm³/mol. The maximum atomic E-state index is 4.80. The van der Waals surface area contributed by atoms with Crippen LogP contribution in [0.25, 0.3) is 0 Å². The summed E-state index contributed by atoms with van der Waals surface area (Å²) in [6.45, 7) is 9.18. The lowest BCUT2D eigenvalue weighted by Crippen LogP contribution is -2.11. The molecular weight excluding hydrogens is 364 g/mol. The summed E-state index contributed by atoms with van der Waals surface area (Å²) in [6.07, 6.45) is 30.9. The summed E-state index contributed by atoms with van der Waals surface area (Å²) in [5, 5.41) is 0. The van der Waals surface area contributed by atoms with Crippen LogP contribution in [-0.4, -0.2) is 9.55 Å². The maximum Gasteiger partial charge on any atom is 0.111 e. The Balaban J connectivity index is 2.29. The molecule has 1 aromatic rings. The molecule has 0 saturated carbocycles. The highest BCUT2D eigenvalue weighted by molar-refractivity contribution is 5.02. The summed E-state index contributed by atoms with van der Waals surface area (Å²) in [5.41, 5.74) is 0. The summed E-state index contributed by atoms with van der Waals surface area (Å²) in [7, 11) is 0. The molecular formula is C28H54N2. The third kappa shape index (κ3) is 12.8. The third-order valence-corrected chi connectivity index (χ3v) is 6.68. The number of unbranched alkanes of at least 4 members (excludes halogenated alkanes) is 15. The van der Waals surface area contributed by atoms with Crippen molar-refractivity contribution in [3.8, 4) is 0 Å². The van der Waals surface area contributed by atoms with Gasteiger partial charge in [-0.3, -0.25) is 0 Å². The Morgan fingerprint density at radius 1 is 0.633 bits per heavy atom. The van der Waals surface area contributed by atoms with Crippen molar-refractivity contribution in [3.05, 3.63) is 18.2 Å². The Kier molecular flexibility index (Phi) is 17.2. The van der Waals surface area contributed by atoms with Crippen molar-refractivity contribution < 1.29 is 0 Å². The zero-order valence-corrected chi connectivity index (χ0v) is 21.1. The monoisotopic (exact) mass is 418 g/mol. The minimum absolute atomic E-state index is 0.520. The fourth-order valence-corrected chi connectivity index (χ4v) is 4.71. The zero-order valence-electron chi connectivity index (χ0n) is 21.1. The van der Waals surface area contributed by atoms with Crippen molar-refractivity contribution >= 4 is 0 Å². The maximum absolute atomic E-state index is 4.80. The fraction of sp³-hybridized carbons (Fsp3) is 0.893. The van der Waals surface area contributed by atoms with E-state index in [1.54, 1.807) is 0 Å². The zero-order chi connectivity index (χ0) is 21.9. The van der Waals surface area contributed by atoms with E-state index >= 15 is 0 Å². The molecule has 1 unspecified atom stereocenters. The van der Waals surface area contributed by atoms with Gasteiger partial charge in [0.15, 0.2) is 0 Å². The molecule has 0 spiro atoms. The Morgan fingerprint density at radius 2 is 1.03 bits per heavy atom. The Labute approximate surface area is 189 Å². The van der Waals surface area contributed by atoms with E-state index in [2.05, 4.69) is 38.5 Å². The van der Waals surface area contributed by atoms with E-state index in [0.29, 0.717) is 12.0 Å². The van der Waals surface area contributed by atoms with Crippen LogP contribution in [-0.2, 0) is 0 Å². The largest absolute Gasteiger partial charge is 0.332 e. The van der Waals surface area contributed by atoms with E-state index in [1.165, 1.54) is 128 Å². The highest BCUT2D eigenvalue weighted by Crippen LogP contribution is 2.29. The summed E-state index contributed by atoms with van der Waals surface area (Å²) in [4.78, 5) is 4.80. The highest BCUT2D eigenvalue weighted by atomic mass is 15.1. The minimum Gasteiger partial charge on any atom is -0.332 e. The molecule has 1 aromatic heterocycles. The van der Waals surface area contributed by atoms with Crippen LogP contribution in [0.3, 0.4) is 0 Å². The van der Waals surface area contributed by atoms with Gasteiger partial charge in [-0.2, -0.15) is 0 Å². The molecule has 0 bridgehead atoms. The molecule has 0 amide bonds. The van der Waals surface area contributed by atoms with Gasteiger partial charge in [-0.05, 0) is 26.7 Å². The molecule has 0 aliphatic carbocycles. The second kappa shape index (κ2) is 18.9. The quantitative estimate of drug-likeness (QED) is 0.182. The van der Waals surface area contributed by atoms with Crippen molar-refractivity contribution in [1.82, 2.24) is 9.55 Å². The molecule has 0 aliphatic heterocycles. The van der Waals surface area contributed by atoms with Gasteiger partial charge in [0.2, 0.25) is 0 Å². The van der Waals surface area contributed by atoms with Gasteiger partial charge in [0.1, 0.15) is 5.82 Å². The SMILES string of the molecule is CCCCCCCCCCCCC(CCCCCCCCC)c1nccn1C(C)C. The van der Waals surface area contributed by atoms with Crippen molar-refractivity contribution in [3.63, 3.8) is 0 Å². The first-order valence-corrected chi connectivity index (χ1v) is 13.7. The van der Waals surface area contributed by atoms with E-state index in [0.717, 1.165) is 0 Å². The average Bonchev–Trinajstić information content (AvgIpc) is 3.23. The molecule has 0 saturated heterocycles. The molecule has 0 radical (unpaired) electrons. The lowest BCUT2D eigenvalue weighted by molar-refractivity contribution is 0.442. The number of aromatic nitrogens is 2. The molecule has 0 aromatic carbocycles. The van der Waals surface area contributed by atoms with Crippen LogP contribution < -0.4 is 0 Å². The number of imidazole rings is 1. The topological polar surface area (TPSA) is 17.8 Å². The van der Waals surface area contributed by atoms with E-state index < -0.39 is 0 Å². The van der Waals surface area contributed by atoms with Gasteiger partial charge in [-0.15, -0.1) is 0 Å². The Hall–Kier alpha value is -0.790. The lowest BCUT2D eigenvalue weighted by Gasteiger charge is -2.20. The van der Waals surface area contributed by atoms with Crippen LogP contribution in [0.5, 0.6) is 0 Å². The van der Waals surface area contributed by atoms with Gasteiger partial charge >= 0.3 is 0 Å². The molecule has 2 heteroatoms. The van der Waals surface area contributed by atoms with Crippen molar-refractivity contribution in [1.29, 1.82) is 0 Å². The van der Waals surface area contributed by atoms with Crippen LogP contribution in [0, 0.1) is 0 Å². The molecule has 0 N–H and O–H groups in total. The van der Waals surface area contributed by atoms with E-state index in [4.69, 9.17) is 4.98 Å². The molecule has 176 valence electrons. The Bertz CT molecular complexity index is 477. The summed E-state index contributed by atoms with van der Waals surface area (Å²) in [5.74, 6) is 2.01. The summed E-state index contributed by atoms with van der Waals surface area (Å²) < 4.78 is 2.42. The second-order valence-corrected chi connectivity index (χ2v) is 9.86. The fourth-order valence-electron chi connectivity index (χ4n) is 4.71. The van der Waals surface area contributed by atoms with Crippen LogP contribution in [0.1, 0.15) is 167 Å². The number of nitrogens with zero attached hydrogens (tertiary/aromatic N) is 2. The molecule has 0 aliphatic rings. The van der Waals surface area contributed by atoms with Gasteiger partial charge in [0.25, 0.3) is 0 Å². The average molecular weight is 419 g/mol. The Morgan fingerprint density at radius 3 is 1.43 bits per heavy atom. The lowest BCUT2D eigenvalue weighted by atomic mass is 9.93. The molecule has 0 fully saturated rings. The molecule has 1 atom stereocenters. The van der Waals surface area contributed by atoms with Gasteiger partial charge in [-0.1, -0.05) is 123 Å². The van der Waals surface area contributed by atoms with Gasteiger partial charge < -0.3 is 4.57 Å². The van der Waals surface area contributed by atoms with E-state index in [9.17, 15) is 0 Å². The van der Waals surface area contributed by atoms with E-state index in [1.807, 2.05) is 6.20 Å². The first-order chi connectivity index (χ1) is 14.7. The first kappa shape index (κ1) is 27.2. The predicted octanol–water partition coefficient (Wildman–Crippen LogP) is 10.00. The van der Waals surface area contributed by atoms with Crippen LogP contribution >= 0.6 is 0 Å². The van der Waals surface area contributed by atoms with Gasteiger partial charge in [0, 0.05) is 24.4 Å². The summed E-state index contributed by atoms with van der Waals surface area (Å²) in [6, 6.07) is 0.520. The van der Waals surface area contributed by atoms with Gasteiger partial charge in [-0.25, -0.2) is 4.98 Å². The van der Waals surface area contributed by atoms with Gasteiger partial charge in [0.05, 0.1) is 0 Å². The van der Waals surface area contributed by atoms with Crippen LogP contribution in [0.2, 0.25) is 0 Å². The highest BCUT2D eigenvalue weighted by Gasteiger charge is 2.18. The molecule has 1 heterocycles. The molecule has 2 nitrogen and oxygen atoms in total. The minimum atomic E-state index is 0.520. The normalized spacial score (nSPS) is 12.7. The van der Waals surface area contributed by atoms with Crippen molar-refractivity contribution in [2.75, 3.05) is 0 Å². The molecule has 1 rings (SSSR count). The van der Waals surface area contributed by atoms with E-state index in [-0.39, 0.29) is 0 Å². The van der Waals surface area contributed by atoms with Crippen molar-refractivity contribution in [2.24, 2.45) is 0 Å². The van der Waals surface area contributed by atoms with Crippen LogP contribution in [0.4, 0.5) is 0 Å².